The molecule has 180 valence electrons. The van der Waals surface area contributed by atoms with Gasteiger partial charge in [0.15, 0.2) is 5.82 Å². The molecular formula is C26H34N6O2. The first-order valence-corrected chi connectivity index (χ1v) is 12.1. The Balaban J connectivity index is 1.53. The maximum absolute atomic E-state index is 12.5. The van der Waals surface area contributed by atoms with E-state index in [4.69, 9.17) is 20.4 Å². The molecule has 8 heteroatoms. The number of aromatic nitrogens is 3. The highest BCUT2D eigenvalue weighted by Gasteiger charge is 2.20. The van der Waals surface area contributed by atoms with Crippen LogP contribution in [0.3, 0.4) is 0 Å². The number of ether oxygens (including phenoxy) is 1. The third-order valence-electron chi connectivity index (χ3n) is 6.16. The maximum atomic E-state index is 12.5. The van der Waals surface area contributed by atoms with E-state index in [-0.39, 0.29) is 12.0 Å². The van der Waals surface area contributed by atoms with Crippen LogP contribution in [0.1, 0.15) is 68.6 Å². The number of pyridine rings is 1. The van der Waals surface area contributed by atoms with Gasteiger partial charge >= 0.3 is 5.97 Å². The van der Waals surface area contributed by atoms with Crippen LogP contribution >= 0.6 is 0 Å². The molecule has 34 heavy (non-hydrogen) atoms. The topological polar surface area (TPSA) is 115 Å². The number of nitrogens with two attached hydrogens (primary N) is 1. The molecular weight excluding hydrogens is 428 g/mol. The quantitative estimate of drug-likeness (QED) is 0.413. The minimum Gasteiger partial charge on any atom is -0.453 e. The lowest BCUT2D eigenvalue weighted by Gasteiger charge is -2.26. The van der Waals surface area contributed by atoms with Crippen LogP contribution in [-0.2, 0) is 4.74 Å². The summed E-state index contributed by atoms with van der Waals surface area (Å²) >= 11 is 0. The maximum Gasteiger partial charge on any atom is 0.338 e. The average molecular weight is 463 g/mol. The number of nitrogens with one attached hydrogen (secondary N) is 2. The summed E-state index contributed by atoms with van der Waals surface area (Å²) < 4.78 is 5.68. The van der Waals surface area contributed by atoms with E-state index in [9.17, 15) is 4.79 Å². The van der Waals surface area contributed by atoms with E-state index in [1.807, 2.05) is 45.0 Å². The zero-order chi connectivity index (χ0) is 24.1. The van der Waals surface area contributed by atoms with Gasteiger partial charge in [-0.1, -0.05) is 18.2 Å². The highest BCUT2D eigenvalue weighted by atomic mass is 16.5. The van der Waals surface area contributed by atoms with Crippen molar-refractivity contribution in [2.24, 2.45) is 11.7 Å². The van der Waals surface area contributed by atoms with Gasteiger partial charge in [0.05, 0.1) is 11.3 Å². The van der Waals surface area contributed by atoms with E-state index in [1.165, 1.54) is 0 Å². The first kappa shape index (κ1) is 23.9. The van der Waals surface area contributed by atoms with Crippen molar-refractivity contribution in [3.63, 3.8) is 0 Å². The van der Waals surface area contributed by atoms with Crippen LogP contribution in [0.5, 0.6) is 0 Å². The lowest BCUT2D eigenvalue weighted by Crippen LogP contribution is -2.29. The van der Waals surface area contributed by atoms with Crippen LogP contribution in [0.2, 0.25) is 0 Å². The summed E-state index contributed by atoms with van der Waals surface area (Å²) in [7, 11) is 0. The van der Waals surface area contributed by atoms with Crippen molar-refractivity contribution < 1.29 is 9.53 Å². The fraction of sp³-hybridized carbons (Fsp3) is 0.462. The molecule has 4 N–H and O–H groups in total. The summed E-state index contributed by atoms with van der Waals surface area (Å²) in [5, 5.41) is 7.62. The molecule has 3 aromatic rings. The molecule has 2 aromatic heterocycles. The van der Waals surface area contributed by atoms with Gasteiger partial charge < -0.3 is 21.1 Å². The fourth-order valence-corrected chi connectivity index (χ4v) is 4.22. The van der Waals surface area contributed by atoms with Gasteiger partial charge in [-0.2, -0.15) is 0 Å². The number of anilines is 2. The van der Waals surface area contributed by atoms with Crippen molar-refractivity contribution in [1.29, 1.82) is 0 Å². The SMILES string of the molecule is CC(C)Nc1nc(C(C)OC(=O)c2ccccc2)cc2cnc(NCC3CCC(N)CC3)nc12. The monoisotopic (exact) mass is 462 g/mol. The molecule has 8 nitrogen and oxygen atoms in total. The van der Waals surface area contributed by atoms with E-state index < -0.39 is 6.10 Å². The summed E-state index contributed by atoms with van der Waals surface area (Å²) in [6.45, 7) is 6.75. The van der Waals surface area contributed by atoms with Gasteiger partial charge in [-0.05, 0) is 70.6 Å². The first-order valence-electron chi connectivity index (χ1n) is 12.1. The molecule has 0 radical (unpaired) electrons. The van der Waals surface area contributed by atoms with Crippen LogP contribution in [0.15, 0.2) is 42.6 Å². The number of fused-ring (bicyclic) bond motifs is 1. The molecule has 0 aliphatic heterocycles. The molecule has 4 rings (SSSR count). The summed E-state index contributed by atoms with van der Waals surface area (Å²) in [5.41, 5.74) is 7.91. The number of rotatable bonds is 8. The van der Waals surface area contributed by atoms with Gasteiger partial charge in [-0.3, -0.25) is 0 Å². The number of nitrogens with zero attached hydrogens (tertiary/aromatic N) is 3. The Labute approximate surface area is 200 Å². The van der Waals surface area contributed by atoms with Crippen molar-refractivity contribution in [1.82, 2.24) is 15.0 Å². The van der Waals surface area contributed by atoms with Gasteiger partial charge in [-0.25, -0.2) is 19.7 Å². The number of hydrogen-bond acceptors (Lipinski definition) is 8. The molecule has 1 fully saturated rings. The normalized spacial score (nSPS) is 19.1. The molecule has 0 amide bonds. The molecule has 2 heterocycles. The van der Waals surface area contributed by atoms with Gasteiger partial charge in [0.1, 0.15) is 11.6 Å². The largest absolute Gasteiger partial charge is 0.453 e. The molecule has 1 aliphatic rings. The summed E-state index contributed by atoms with van der Waals surface area (Å²) in [6.07, 6.45) is 5.68. The molecule has 1 aromatic carbocycles. The molecule has 1 aliphatic carbocycles. The molecule has 1 atom stereocenters. The standard InChI is InChI=1S/C26H34N6O2/c1-16(2)30-24-23-20(15-29-26(32-23)28-14-18-9-11-21(27)12-10-18)13-22(31-24)17(3)34-25(33)19-7-5-4-6-8-19/h4-8,13,15-18,21H,9-12,14,27H2,1-3H3,(H,30,31)(H,28,29,32). The number of esters is 1. The average Bonchev–Trinajstić information content (AvgIpc) is 2.83. The lowest BCUT2D eigenvalue weighted by molar-refractivity contribution is 0.0330. The summed E-state index contributed by atoms with van der Waals surface area (Å²) in [6, 6.07) is 11.3. The Kier molecular flexibility index (Phi) is 7.57. The fourth-order valence-electron chi connectivity index (χ4n) is 4.22. The van der Waals surface area contributed by atoms with Crippen molar-refractivity contribution in [2.75, 3.05) is 17.2 Å². The predicted molar refractivity (Wildman–Crippen MR) is 135 cm³/mol. The van der Waals surface area contributed by atoms with Crippen LogP contribution in [0.25, 0.3) is 10.9 Å². The van der Waals surface area contributed by atoms with E-state index in [2.05, 4.69) is 15.6 Å². The second-order valence-corrected chi connectivity index (χ2v) is 9.40. The number of carbonyl (C=O) groups excluding carboxylic acids is 1. The Bertz CT molecular complexity index is 1110. The van der Waals surface area contributed by atoms with Gasteiger partial charge in [0, 0.05) is 30.2 Å². The molecule has 0 spiro atoms. The minimum absolute atomic E-state index is 0.158. The third-order valence-corrected chi connectivity index (χ3v) is 6.16. The highest BCUT2D eigenvalue weighted by Crippen LogP contribution is 2.28. The number of hydrogen-bond donors (Lipinski definition) is 3. The van der Waals surface area contributed by atoms with E-state index in [1.54, 1.807) is 18.3 Å². The smallest absolute Gasteiger partial charge is 0.338 e. The van der Waals surface area contributed by atoms with Gasteiger partial charge in [0.2, 0.25) is 5.95 Å². The Hall–Kier alpha value is -3.26. The summed E-state index contributed by atoms with van der Waals surface area (Å²) in [4.78, 5) is 26.6. The molecule has 1 unspecified atom stereocenters. The Morgan fingerprint density at radius 2 is 1.85 bits per heavy atom. The van der Waals surface area contributed by atoms with Gasteiger partial charge in [0.25, 0.3) is 0 Å². The van der Waals surface area contributed by atoms with Crippen LogP contribution in [0, 0.1) is 5.92 Å². The Morgan fingerprint density at radius 3 is 2.56 bits per heavy atom. The van der Waals surface area contributed by atoms with Crippen molar-refractivity contribution >= 4 is 28.6 Å². The zero-order valence-electron chi connectivity index (χ0n) is 20.1. The number of benzene rings is 1. The van der Waals surface area contributed by atoms with E-state index in [0.717, 1.165) is 43.1 Å². The van der Waals surface area contributed by atoms with Crippen LogP contribution < -0.4 is 16.4 Å². The van der Waals surface area contributed by atoms with E-state index >= 15 is 0 Å². The Morgan fingerprint density at radius 1 is 1.12 bits per heavy atom. The minimum atomic E-state index is -0.528. The van der Waals surface area contributed by atoms with Crippen molar-refractivity contribution in [2.45, 2.75) is 64.6 Å². The summed E-state index contributed by atoms with van der Waals surface area (Å²) in [5.74, 6) is 1.45. The lowest BCUT2D eigenvalue weighted by atomic mass is 9.86. The van der Waals surface area contributed by atoms with E-state index in [0.29, 0.717) is 35.0 Å². The first-order chi connectivity index (χ1) is 16.4. The third kappa shape index (κ3) is 5.99. The van der Waals surface area contributed by atoms with Crippen molar-refractivity contribution in [3.8, 4) is 0 Å². The van der Waals surface area contributed by atoms with Crippen LogP contribution in [-0.4, -0.2) is 39.5 Å². The predicted octanol–water partition coefficient (Wildman–Crippen LogP) is 4.69. The zero-order valence-corrected chi connectivity index (χ0v) is 20.1. The number of carbonyl (C=O) groups is 1. The second-order valence-electron chi connectivity index (χ2n) is 9.40. The second kappa shape index (κ2) is 10.8. The van der Waals surface area contributed by atoms with Crippen LogP contribution in [0.4, 0.5) is 11.8 Å². The highest BCUT2D eigenvalue weighted by molar-refractivity contribution is 5.90. The van der Waals surface area contributed by atoms with Crippen molar-refractivity contribution in [3.05, 3.63) is 53.9 Å². The molecule has 0 bridgehead atoms. The molecule has 1 saturated carbocycles. The van der Waals surface area contributed by atoms with Gasteiger partial charge in [-0.15, -0.1) is 0 Å². The molecule has 0 saturated heterocycles.